The molecule has 1 aromatic carbocycles. The van der Waals surface area contributed by atoms with Gasteiger partial charge in [0.05, 0.1) is 5.69 Å². The highest BCUT2D eigenvalue weighted by Crippen LogP contribution is 2.23. The molecule has 1 amide bonds. The number of hydrogen-bond donors (Lipinski definition) is 1. The maximum Gasteiger partial charge on any atom is 0.303 e. The van der Waals surface area contributed by atoms with Gasteiger partial charge < -0.3 is 14.5 Å². The molecule has 2 rings (SSSR count). The lowest BCUT2D eigenvalue weighted by atomic mass is 9.99. The Labute approximate surface area is 153 Å². The summed E-state index contributed by atoms with van der Waals surface area (Å²) < 4.78 is 5.30. The molecule has 6 heteroatoms. The van der Waals surface area contributed by atoms with Crippen LogP contribution in [0.1, 0.15) is 67.3 Å². The minimum absolute atomic E-state index is 0.0218. The summed E-state index contributed by atoms with van der Waals surface area (Å²) in [6.45, 7) is 4.91. The molecule has 0 atom stereocenters. The second kappa shape index (κ2) is 9.75. The molecule has 6 nitrogen and oxygen atoms in total. The lowest BCUT2D eigenvalue weighted by molar-refractivity contribution is -0.137. The molecule has 0 aliphatic heterocycles. The van der Waals surface area contributed by atoms with Crippen LogP contribution in [-0.2, 0) is 11.3 Å². The average molecular weight is 358 g/mol. The molecule has 1 aromatic heterocycles. The summed E-state index contributed by atoms with van der Waals surface area (Å²) in [6.07, 6.45) is 2.28. The zero-order chi connectivity index (χ0) is 18.9. The van der Waals surface area contributed by atoms with Crippen molar-refractivity contribution in [1.82, 2.24) is 10.1 Å². The number of nitrogens with zero attached hydrogens (tertiary/aromatic N) is 2. The lowest BCUT2D eigenvalue weighted by Gasteiger charge is -2.21. The van der Waals surface area contributed by atoms with E-state index in [0.717, 1.165) is 24.1 Å². The Morgan fingerprint density at radius 1 is 1.19 bits per heavy atom. The highest BCUT2D eigenvalue weighted by Gasteiger charge is 2.22. The smallest absolute Gasteiger partial charge is 0.303 e. The zero-order valence-electron chi connectivity index (χ0n) is 15.4. The fraction of sp³-hybridized carbons (Fsp3) is 0.450. The van der Waals surface area contributed by atoms with E-state index < -0.39 is 5.97 Å². The van der Waals surface area contributed by atoms with Gasteiger partial charge in [-0.1, -0.05) is 49.3 Å². The van der Waals surface area contributed by atoms with E-state index in [1.54, 1.807) is 11.0 Å². The van der Waals surface area contributed by atoms with Gasteiger partial charge in [0.1, 0.15) is 0 Å². The van der Waals surface area contributed by atoms with Crippen LogP contribution in [-0.4, -0.2) is 33.6 Å². The van der Waals surface area contributed by atoms with Gasteiger partial charge in [-0.3, -0.25) is 9.59 Å². The van der Waals surface area contributed by atoms with E-state index in [1.165, 1.54) is 0 Å². The van der Waals surface area contributed by atoms with Gasteiger partial charge in [-0.25, -0.2) is 0 Å². The van der Waals surface area contributed by atoms with Gasteiger partial charge >= 0.3 is 5.97 Å². The van der Waals surface area contributed by atoms with Gasteiger partial charge in [0, 0.05) is 31.5 Å². The van der Waals surface area contributed by atoms with E-state index in [4.69, 9.17) is 9.63 Å². The third kappa shape index (κ3) is 5.44. The molecule has 26 heavy (non-hydrogen) atoms. The Balaban J connectivity index is 2.14. The molecular weight excluding hydrogens is 332 g/mol. The molecule has 1 N–H and O–H groups in total. The summed E-state index contributed by atoms with van der Waals surface area (Å²) in [6, 6.07) is 11.3. The maximum atomic E-state index is 12.9. The third-order valence-corrected chi connectivity index (χ3v) is 4.47. The summed E-state index contributed by atoms with van der Waals surface area (Å²) in [5, 5.41) is 12.9. The summed E-state index contributed by atoms with van der Waals surface area (Å²) >= 11 is 0. The Morgan fingerprint density at radius 2 is 1.88 bits per heavy atom. The van der Waals surface area contributed by atoms with Crippen molar-refractivity contribution in [3.8, 4) is 0 Å². The zero-order valence-corrected chi connectivity index (χ0v) is 15.4. The number of aromatic nitrogens is 1. The summed E-state index contributed by atoms with van der Waals surface area (Å²) in [5.41, 5.74) is 1.78. The standard InChI is InChI=1S/C20H26N2O4/c1-3-16(4-2)17-13-18(26-21-17)20(25)22(12-8-11-19(23)24)14-15-9-6-5-7-10-15/h5-7,9-10,13,16H,3-4,8,11-12,14H2,1-2H3,(H,23,24). The number of carboxylic acids is 1. The van der Waals surface area contributed by atoms with Crippen molar-refractivity contribution in [3.05, 3.63) is 53.4 Å². The molecule has 1 heterocycles. The first-order valence-electron chi connectivity index (χ1n) is 9.06. The normalized spacial score (nSPS) is 10.9. The highest BCUT2D eigenvalue weighted by molar-refractivity contribution is 5.91. The Bertz CT molecular complexity index is 708. The quantitative estimate of drug-likeness (QED) is 0.692. The summed E-state index contributed by atoms with van der Waals surface area (Å²) in [5.74, 6) is -0.648. The monoisotopic (exact) mass is 358 g/mol. The molecule has 0 spiro atoms. The fourth-order valence-corrected chi connectivity index (χ4v) is 2.92. The highest BCUT2D eigenvalue weighted by atomic mass is 16.5. The molecule has 0 aliphatic carbocycles. The first kappa shape index (κ1) is 19.7. The van der Waals surface area contributed by atoms with Crippen LogP contribution in [0.15, 0.2) is 40.9 Å². The van der Waals surface area contributed by atoms with Crippen LogP contribution >= 0.6 is 0 Å². The minimum Gasteiger partial charge on any atom is -0.481 e. The number of hydrogen-bond acceptors (Lipinski definition) is 4. The van der Waals surface area contributed by atoms with E-state index in [9.17, 15) is 9.59 Å². The van der Waals surface area contributed by atoms with Crippen LogP contribution in [0.25, 0.3) is 0 Å². The summed E-state index contributed by atoms with van der Waals surface area (Å²) in [7, 11) is 0. The van der Waals surface area contributed by atoms with Gasteiger partial charge in [-0.15, -0.1) is 0 Å². The molecule has 0 radical (unpaired) electrons. The van der Waals surface area contributed by atoms with Crippen molar-refractivity contribution in [2.24, 2.45) is 0 Å². The second-order valence-electron chi connectivity index (χ2n) is 6.34. The van der Waals surface area contributed by atoms with Crippen LogP contribution in [0.4, 0.5) is 0 Å². The molecule has 0 aliphatic rings. The number of benzene rings is 1. The Kier molecular flexibility index (Phi) is 7.38. The molecule has 140 valence electrons. The Hall–Kier alpha value is -2.63. The second-order valence-corrected chi connectivity index (χ2v) is 6.34. The number of rotatable bonds is 10. The molecular formula is C20H26N2O4. The van der Waals surface area contributed by atoms with Crippen LogP contribution in [0, 0.1) is 0 Å². The van der Waals surface area contributed by atoms with Crippen LogP contribution in [0.2, 0.25) is 0 Å². The van der Waals surface area contributed by atoms with Gasteiger partial charge in [0.2, 0.25) is 5.76 Å². The molecule has 0 bridgehead atoms. The molecule has 2 aromatic rings. The van der Waals surface area contributed by atoms with Crippen molar-refractivity contribution < 1.29 is 19.2 Å². The average Bonchev–Trinajstić information content (AvgIpc) is 3.12. The van der Waals surface area contributed by atoms with E-state index in [1.807, 2.05) is 30.3 Å². The molecule has 0 fully saturated rings. The van der Waals surface area contributed by atoms with Crippen molar-refractivity contribution >= 4 is 11.9 Å². The largest absolute Gasteiger partial charge is 0.481 e. The van der Waals surface area contributed by atoms with E-state index in [0.29, 0.717) is 19.5 Å². The van der Waals surface area contributed by atoms with E-state index in [-0.39, 0.29) is 24.0 Å². The minimum atomic E-state index is -0.868. The number of amides is 1. The van der Waals surface area contributed by atoms with Crippen molar-refractivity contribution in [2.45, 2.75) is 52.0 Å². The predicted octanol–water partition coefficient (Wildman–Crippen LogP) is 4.09. The number of carbonyl (C=O) groups is 2. The molecule has 0 saturated carbocycles. The van der Waals surface area contributed by atoms with Gasteiger partial charge in [0.25, 0.3) is 5.91 Å². The first-order valence-corrected chi connectivity index (χ1v) is 9.06. The van der Waals surface area contributed by atoms with Gasteiger partial charge in [0.15, 0.2) is 0 Å². The SMILES string of the molecule is CCC(CC)c1cc(C(=O)N(CCCC(=O)O)Cc2ccccc2)on1. The van der Waals surface area contributed by atoms with E-state index >= 15 is 0 Å². The topological polar surface area (TPSA) is 83.6 Å². The van der Waals surface area contributed by atoms with Crippen LogP contribution < -0.4 is 0 Å². The van der Waals surface area contributed by atoms with Crippen molar-refractivity contribution in [2.75, 3.05) is 6.54 Å². The fourth-order valence-electron chi connectivity index (χ4n) is 2.92. The predicted molar refractivity (Wildman–Crippen MR) is 97.9 cm³/mol. The third-order valence-electron chi connectivity index (χ3n) is 4.47. The van der Waals surface area contributed by atoms with E-state index in [2.05, 4.69) is 19.0 Å². The molecule has 0 unspecified atom stereocenters. The van der Waals surface area contributed by atoms with Gasteiger partial charge in [-0.05, 0) is 24.8 Å². The number of aliphatic carboxylic acids is 1. The van der Waals surface area contributed by atoms with Crippen molar-refractivity contribution in [3.63, 3.8) is 0 Å². The maximum absolute atomic E-state index is 12.9. The number of carboxylic acid groups (broad SMARTS) is 1. The van der Waals surface area contributed by atoms with Crippen LogP contribution in [0.3, 0.4) is 0 Å². The van der Waals surface area contributed by atoms with Crippen molar-refractivity contribution in [1.29, 1.82) is 0 Å². The lowest BCUT2D eigenvalue weighted by Crippen LogP contribution is -2.31. The Morgan fingerprint density at radius 3 is 2.50 bits per heavy atom. The molecule has 0 saturated heterocycles. The summed E-state index contributed by atoms with van der Waals surface area (Å²) in [4.78, 5) is 25.3. The number of carbonyl (C=O) groups excluding carboxylic acids is 1. The van der Waals surface area contributed by atoms with Crippen LogP contribution in [0.5, 0.6) is 0 Å². The first-order chi connectivity index (χ1) is 12.5. The van der Waals surface area contributed by atoms with Gasteiger partial charge in [-0.2, -0.15) is 0 Å².